The summed E-state index contributed by atoms with van der Waals surface area (Å²) < 4.78 is 3.19. The number of hydrogen-bond acceptors (Lipinski definition) is 1. The van der Waals surface area contributed by atoms with Crippen LogP contribution in [0.3, 0.4) is 0 Å². The SMILES string of the molecule is O=C(Cl)/C=C\[Te]c1ccccc1. The van der Waals surface area contributed by atoms with Crippen LogP contribution in [0, 0.1) is 0 Å². The van der Waals surface area contributed by atoms with E-state index in [1.807, 2.05) is 22.3 Å². The van der Waals surface area contributed by atoms with Crippen LogP contribution in [0.15, 0.2) is 40.5 Å². The summed E-state index contributed by atoms with van der Waals surface area (Å²) in [4.78, 5) is 10.3. The second kappa shape index (κ2) is 5.37. The van der Waals surface area contributed by atoms with Gasteiger partial charge in [-0.05, 0) is 0 Å². The summed E-state index contributed by atoms with van der Waals surface area (Å²) in [5.41, 5.74) is 0. The van der Waals surface area contributed by atoms with Crippen LogP contribution in [0.4, 0.5) is 0 Å². The summed E-state index contributed by atoms with van der Waals surface area (Å²) in [6, 6.07) is 10.1. The van der Waals surface area contributed by atoms with E-state index in [2.05, 4.69) is 12.1 Å². The molecule has 0 aliphatic heterocycles. The van der Waals surface area contributed by atoms with Gasteiger partial charge in [-0.2, -0.15) is 0 Å². The number of halogens is 1. The van der Waals surface area contributed by atoms with Crippen LogP contribution in [-0.4, -0.2) is 26.2 Å². The van der Waals surface area contributed by atoms with Crippen LogP contribution < -0.4 is 3.61 Å². The molecule has 0 N–H and O–H groups in total. The molecule has 3 heteroatoms. The second-order valence-electron chi connectivity index (χ2n) is 2.04. The Morgan fingerprint density at radius 3 is 2.58 bits per heavy atom. The van der Waals surface area contributed by atoms with E-state index in [-0.39, 0.29) is 20.9 Å². The average Bonchev–Trinajstić information content (AvgIpc) is 2.05. The summed E-state index contributed by atoms with van der Waals surface area (Å²) in [7, 11) is 0. The molecule has 1 nitrogen and oxygen atoms in total. The van der Waals surface area contributed by atoms with Crippen LogP contribution in [0.5, 0.6) is 0 Å². The minimum absolute atomic E-state index is 0.364. The zero-order valence-corrected chi connectivity index (χ0v) is 9.32. The maximum atomic E-state index is 10.3. The van der Waals surface area contributed by atoms with E-state index < -0.39 is 5.24 Å². The van der Waals surface area contributed by atoms with Crippen LogP contribution in [-0.2, 0) is 4.79 Å². The van der Waals surface area contributed by atoms with E-state index in [0.29, 0.717) is 0 Å². The molecule has 0 aliphatic carbocycles. The molecule has 1 aromatic carbocycles. The summed E-state index contributed by atoms with van der Waals surface area (Å²) in [5.74, 6) is 0. The van der Waals surface area contributed by atoms with E-state index in [0.717, 1.165) is 0 Å². The fourth-order valence-electron chi connectivity index (χ4n) is 0.665. The first-order chi connectivity index (χ1) is 5.79. The molecule has 0 atom stereocenters. The van der Waals surface area contributed by atoms with Gasteiger partial charge in [0.15, 0.2) is 0 Å². The molecular weight excluding hydrogens is 287 g/mol. The van der Waals surface area contributed by atoms with Crippen molar-refractivity contribution in [3.8, 4) is 0 Å². The van der Waals surface area contributed by atoms with E-state index in [9.17, 15) is 4.79 Å². The van der Waals surface area contributed by atoms with Gasteiger partial charge in [-0.1, -0.05) is 0 Å². The van der Waals surface area contributed by atoms with Crippen molar-refractivity contribution in [2.24, 2.45) is 0 Å². The number of carbonyl (C=O) groups excluding carboxylic acids is 1. The first-order valence-corrected chi connectivity index (χ1v) is 6.25. The quantitative estimate of drug-likeness (QED) is 0.466. The average molecular weight is 294 g/mol. The van der Waals surface area contributed by atoms with Crippen molar-refractivity contribution in [3.63, 3.8) is 0 Å². The van der Waals surface area contributed by atoms with Crippen molar-refractivity contribution < 1.29 is 4.79 Å². The number of carbonyl (C=O) groups is 1. The van der Waals surface area contributed by atoms with Gasteiger partial charge in [0.05, 0.1) is 0 Å². The fourth-order valence-corrected chi connectivity index (χ4v) is 2.86. The third-order valence-corrected chi connectivity index (χ3v) is 3.60. The molecule has 62 valence electrons. The standard InChI is InChI=1S/C9H7ClOTe/c10-9(11)6-7-12-8-4-2-1-3-5-8/h1-7H/b7-6-. The Bertz CT molecular complexity index is 282. The van der Waals surface area contributed by atoms with Crippen LogP contribution in [0.1, 0.15) is 0 Å². The monoisotopic (exact) mass is 296 g/mol. The molecule has 1 aromatic rings. The molecule has 0 aliphatic rings. The van der Waals surface area contributed by atoms with E-state index in [1.54, 1.807) is 0 Å². The molecule has 0 fully saturated rings. The first-order valence-electron chi connectivity index (χ1n) is 3.37. The van der Waals surface area contributed by atoms with Crippen LogP contribution >= 0.6 is 11.6 Å². The van der Waals surface area contributed by atoms with E-state index >= 15 is 0 Å². The van der Waals surface area contributed by atoms with Gasteiger partial charge >= 0.3 is 86.7 Å². The van der Waals surface area contributed by atoms with Crippen LogP contribution in [0.2, 0.25) is 0 Å². The van der Waals surface area contributed by atoms with Gasteiger partial charge in [-0.25, -0.2) is 0 Å². The number of benzene rings is 1. The van der Waals surface area contributed by atoms with Gasteiger partial charge < -0.3 is 0 Å². The Balaban J connectivity index is 2.49. The molecule has 12 heavy (non-hydrogen) atoms. The Hall–Kier alpha value is -0.290. The van der Waals surface area contributed by atoms with Crippen molar-refractivity contribution in [3.05, 3.63) is 40.5 Å². The molecule has 0 amide bonds. The number of rotatable bonds is 3. The molecular formula is C9H7ClOTe. The normalized spacial score (nSPS) is 10.4. The number of hydrogen-bond donors (Lipinski definition) is 0. The summed E-state index contributed by atoms with van der Waals surface area (Å²) in [6.07, 6.45) is 1.43. The predicted octanol–water partition coefficient (Wildman–Crippen LogP) is 1.30. The van der Waals surface area contributed by atoms with Gasteiger partial charge in [0.2, 0.25) is 0 Å². The Kier molecular flexibility index (Phi) is 4.38. The molecule has 0 aromatic heterocycles. The topological polar surface area (TPSA) is 17.1 Å². The zero-order valence-electron chi connectivity index (χ0n) is 6.24. The van der Waals surface area contributed by atoms with Gasteiger partial charge in [-0.3, -0.25) is 0 Å². The zero-order chi connectivity index (χ0) is 8.81. The van der Waals surface area contributed by atoms with Crippen molar-refractivity contribution in [2.45, 2.75) is 0 Å². The molecule has 0 saturated heterocycles. The Labute approximate surface area is 86.5 Å². The number of allylic oxidation sites excluding steroid dienone is 1. The van der Waals surface area contributed by atoms with E-state index in [4.69, 9.17) is 11.6 Å². The third-order valence-electron chi connectivity index (χ3n) is 1.15. The molecule has 0 unspecified atom stereocenters. The predicted molar refractivity (Wildman–Crippen MR) is 51.8 cm³/mol. The first kappa shape index (κ1) is 9.80. The van der Waals surface area contributed by atoms with Gasteiger partial charge in [0.25, 0.3) is 0 Å². The molecule has 0 radical (unpaired) electrons. The van der Waals surface area contributed by atoms with Gasteiger partial charge in [0, 0.05) is 0 Å². The molecule has 0 bridgehead atoms. The minimum atomic E-state index is -0.393. The molecule has 0 saturated carbocycles. The summed E-state index contributed by atoms with van der Waals surface area (Å²) >= 11 is 4.78. The van der Waals surface area contributed by atoms with Gasteiger partial charge in [0.1, 0.15) is 0 Å². The van der Waals surface area contributed by atoms with Crippen LogP contribution in [0.25, 0.3) is 0 Å². The summed E-state index contributed by atoms with van der Waals surface area (Å²) in [6.45, 7) is 0. The molecule has 1 rings (SSSR count). The molecule has 0 heterocycles. The van der Waals surface area contributed by atoms with Gasteiger partial charge in [-0.15, -0.1) is 0 Å². The Morgan fingerprint density at radius 2 is 2.00 bits per heavy atom. The van der Waals surface area contributed by atoms with Crippen molar-refractivity contribution in [1.29, 1.82) is 0 Å². The molecule has 0 spiro atoms. The third kappa shape index (κ3) is 3.92. The Morgan fingerprint density at radius 1 is 1.33 bits per heavy atom. The fraction of sp³-hybridized carbons (Fsp3) is 0. The second-order valence-corrected chi connectivity index (χ2v) is 5.21. The maximum absolute atomic E-state index is 10.3. The summed E-state index contributed by atoms with van der Waals surface area (Å²) in [5, 5.41) is -0.393. The van der Waals surface area contributed by atoms with Crippen molar-refractivity contribution in [2.75, 3.05) is 0 Å². The van der Waals surface area contributed by atoms with Crippen molar-refractivity contribution in [1.82, 2.24) is 0 Å². The van der Waals surface area contributed by atoms with Crippen molar-refractivity contribution >= 4 is 41.4 Å². The van der Waals surface area contributed by atoms with E-state index in [1.165, 1.54) is 9.69 Å².